The number of hydrogen-bond acceptors (Lipinski definition) is 4. The second-order valence-corrected chi connectivity index (χ2v) is 3.80. The first-order chi connectivity index (χ1) is 9.19. The summed E-state index contributed by atoms with van der Waals surface area (Å²) in [6.07, 6.45) is 1.46. The fourth-order valence-electron chi connectivity index (χ4n) is 1.52. The van der Waals surface area contributed by atoms with E-state index in [2.05, 4.69) is 10.4 Å². The van der Waals surface area contributed by atoms with E-state index >= 15 is 0 Å². The van der Waals surface area contributed by atoms with E-state index in [9.17, 15) is 9.59 Å². The smallest absolute Gasteiger partial charge is 0.267 e. The summed E-state index contributed by atoms with van der Waals surface area (Å²) in [7, 11) is 1.57. The second kappa shape index (κ2) is 5.81. The number of amides is 1. The Morgan fingerprint density at radius 1 is 1.32 bits per heavy atom. The van der Waals surface area contributed by atoms with Gasteiger partial charge in [-0.25, -0.2) is 4.68 Å². The summed E-state index contributed by atoms with van der Waals surface area (Å²) < 4.78 is 6.11. The van der Waals surface area contributed by atoms with Gasteiger partial charge in [0.2, 0.25) is 5.91 Å². The second-order valence-electron chi connectivity index (χ2n) is 3.80. The van der Waals surface area contributed by atoms with Crippen LogP contribution < -0.4 is 15.6 Å². The van der Waals surface area contributed by atoms with Crippen molar-refractivity contribution in [1.29, 1.82) is 0 Å². The molecule has 0 aliphatic carbocycles. The molecule has 0 radical (unpaired) electrons. The minimum absolute atomic E-state index is 0.119. The van der Waals surface area contributed by atoms with Gasteiger partial charge in [-0.2, -0.15) is 5.10 Å². The molecule has 19 heavy (non-hydrogen) atoms. The van der Waals surface area contributed by atoms with Gasteiger partial charge in [0.15, 0.2) is 0 Å². The molecule has 0 unspecified atom stereocenters. The third-order valence-electron chi connectivity index (χ3n) is 2.45. The highest BCUT2D eigenvalue weighted by atomic mass is 16.5. The molecule has 0 saturated carbocycles. The predicted molar refractivity (Wildman–Crippen MR) is 70.1 cm³/mol. The highest BCUT2D eigenvalue weighted by molar-refractivity contribution is 5.90. The molecule has 2 rings (SSSR count). The summed E-state index contributed by atoms with van der Waals surface area (Å²) in [6, 6.07) is 9.80. The molecule has 6 nitrogen and oxygen atoms in total. The van der Waals surface area contributed by atoms with E-state index in [1.54, 1.807) is 31.4 Å². The Hall–Kier alpha value is -2.63. The van der Waals surface area contributed by atoms with Gasteiger partial charge in [0.1, 0.15) is 12.3 Å². The van der Waals surface area contributed by atoms with E-state index < -0.39 is 0 Å². The molecule has 0 aliphatic rings. The lowest BCUT2D eigenvalue weighted by Crippen LogP contribution is -2.28. The van der Waals surface area contributed by atoms with Crippen molar-refractivity contribution in [1.82, 2.24) is 9.78 Å². The van der Waals surface area contributed by atoms with Gasteiger partial charge in [-0.1, -0.05) is 0 Å². The van der Waals surface area contributed by atoms with Crippen LogP contribution in [0.25, 0.3) is 0 Å². The monoisotopic (exact) mass is 259 g/mol. The van der Waals surface area contributed by atoms with Crippen molar-refractivity contribution in [3.63, 3.8) is 0 Å². The number of methoxy groups -OCH3 is 1. The molecule has 0 spiro atoms. The number of rotatable bonds is 4. The van der Waals surface area contributed by atoms with Gasteiger partial charge in [-0.3, -0.25) is 9.59 Å². The maximum Gasteiger partial charge on any atom is 0.267 e. The van der Waals surface area contributed by atoms with Crippen LogP contribution in [-0.2, 0) is 11.3 Å². The highest BCUT2D eigenvalue weighted by Gasteiger charge is 2.05. The van der Waals surface area contributed by atoms with Gasteiger partial charge < -0.3 is 10.1 Å². The van der Waals surface area contributed by atoms with E-state index in [-0.39, 0.29) is 18.0 Å². The Balaban J connectivity index is 2.01. The van der Waals surface area contributed by atoms with Crippen LogP contribution in [0.2, 0.25) is 0 Å². The van der Waals surface area contributed by atoms with Crippen molar-refractivity contribution in [2.75, 3.05) is 12.4 Å². The van der Waals surface area contributed by atoms with Crippen LogP contribution in [0.5, 0.6) is 5.75 Å². The zero-order chi connectivity index (χ0) is 13.7. The molecular formula is C13H13N3O3. The molecule has 0 bridgehead atoms. The Morgan fingerprint density at radius 2 is 2.05 bits per heavy atom. The van der Waals surface area contributed by atoms with Crippen molar-refractivity contribution in [2.24, 2.45) is 0 Å². The number of carbonyl (C=O) groups excluding carboxylic acids is 1. The lowest BCUT2D eigenvalue weighted by Gasteiger charge is -2.07. The quantitative estimate of drug-likeness (QED) is 0.885. The minimum Gasteiger partial charge on any atom is -0.497 e. The van der Waals surface area contributed by atoms with Crippen molar-refractivity contribution < 1.29 is 9.53 Å². The first-order valence-corrected chi connectivity index (χ1v) is 5.65. The molecule has 0 atom stereocenters. The molecule has 0 saturated heterocycles. The van der Waals surface area contributed by atoms with Crippen LogP contribution in [0.3, 0.4) is 0 Å². The largest absolute Gasteiger partial charge is 0.497 e. The van der Waals surface area contributed by atoms with Crippen LogP contribution >= 0.6 is 0 Å². The first kappa shape index (κ1) is 12.8. The fourth-order valence-corrected chi connectivity index (χ4v) is 1.52. The van der Waals surface area contributed by atoms with Gasteiger partial charge in [-0.15, -0.1) is 0 Å². The third kappa shape index (κ3) is 3.41. The summed E-state index contributed by atoms with van der Waals surface area (Å²) in [5.74, 6) is 0.393. The van der Waals surface area contributed by atoms with Gasteiger partial charge in [0.25, 0.3) is 5.56 Å². The molecule has 1 aromatic heterocycles. The maximum absolute atomic E-state index is 11.7. The Bertz CT molecular complexity index is 620. The van der Waals surface area contributed by atoms with Crippen LogP contribution in [0.4, 0.5) is 5.69 Å². The zero-order valence-corrected chi connectivity index (χ0v) is 10.4. The average molecular weight is 259 g/mol. The molecule has 98 valence electrons. The fraction of sp³-hybridized carbons (Fsp3) is 0.154. The van der Waals surface area contributed by atoms with Crippen LogP contribution in [0, 0.1) is 0 Å². The van der Waals surface area contributed by atoms with Crippen LogP contribution in [0.15, 0.2) is 47.4 Å². The molecule has 1 heterocycles. The topological polar surface area (TPSA) is 73.2 Å². The number of aromatic nitrogens is 2. The summed E-state index contributed by atoms with van der Waals surface area (Å²) in [4.78, 5) is 23.1. The summed E-state index contributed by atoms with van der Waals surface area (Å²) >= 11 is 0. The van der Waals surface area contributed by atoms with Gasteiger partial charge in [-0.05, 0) is 30.3 Å². The van der Waals surface area contributed by atoms with Crippen LogP contribution in [0.1, 0.15) is 0 Å². The summed E-state index contributed by atoms with van der Waals surface area (Å²) in [5.41, 5.74) is 0.321. The van der Waals surface area contributed by atoms with E-state index in [1.165, 1.54) is 18.3 Å². The number of ether oxygens (including phenoxy) is 1. The minimum atomic E-state index is -0.314. The number of carbonyl (C=O) groups is 1. The highest BCUT2D eigenvalue weighted by Crippen LogP contribution is 2.14. The van der Waals surface area contributed by atoms with Gasteiger partial charge in [0, 0.05) is 18.0 Å². The van der Waals surface area contributed by atoms with Crippen molar-refractivity contribution >= 4 is 11.6 Å². The SMILES string of the molecule is COc1ccc(NC(=O)Cn2ncccc2=O)cc1. The van der Waals surface area contributed by atoms with Crippen LogP contribution in [-0.4, -0.2) is 22.8 Å². The maximum atomic E-state index is 11.7. The Morgan fingerprint density at radius 3 is 2.68 bits per heavy atom. The van der Waals surface area contributed by atoms with E-state index in [1.807, 2.05) is 0 Å². The third-order valence-corrected chi connectivity index (χ3v) is 2.45. The number of hydrogen-bond donors (Lipinski definition) is 1. The molecular weight excluding hydrogens is 246 g/mol. The molecule has 6 heteroatoms. The molecule has 2 aromatic rings. The molecule has 1 N–H and O–H groups in total. The lowest BCUT2D eigenvalue weighted by molar-refractivity contribution is -0.117. The first-order valence-electron chi connectivity index (χ1n) is 5.65. The standard InChI is InChI=1S/C13H13N3O3/c1-19-11-6-4-10(5-7-11)15-12(17)9-16-13(18)3-2-8-14-16/h2-8H,9H2,1H3,(H,15,17). The van der Waals surface area contributed by atoms with E-state index in [0.29, 0.717) is 11.4 Å². The average Bonchev–Trinajstić information content (AvgIpc) is 2.42. The van der Waals surface area contributed by atoms with Gasteiger partial charge in [0.05, 0.1) is 7.11 Å². The number of nitrogens with one attached hydrogen (secondary N) is 1. The van der Waals surface area contributed by atoms with Gasteiger partial charge >= 0.3 is 0 Å². The van der Waals surface area contributed by atoms with Crippen molar-refractivity contribution in [3.05, 3.63) is 52.9 Å². The summed E-state index contributed by atoms with van der Waals surface area (Å²) in [5, 5.41) is 6.49. The number of nitrogens with zero attached hydrogens (tertiary/aromatic N) is 2. The number of anilines is 1. The van der Waals surface area contributed by atoms with Crippen molar-refractivity contribution in [3.8, 4) is 5.75 Å². The Labute approximate surface area is 109 Å². The predicted octanol–water partition coefficient (Wildman–Crippen LogP) is 0.891. The Kier molecular flexibility index (Phi) is 3.92. The van der Waals surface area contributed by atoms with Crippen molar-refractivity contribution in [2.45, 2.75) is 6.54 Å². The molecule has 1 amide bonds. The zero-order valence-electron chi connectivity index (χ0n) is 10.4. The molecule has 1 aromatic carbocycles. The van der Waals surface area contributed by atoms with E-state index in [4.69, 9.17) is 4.74 Å². The lowest BCUT2D eigenvalue weighted by atomic mass is 10.3. The molecule has 0 aliphatic heterocycles. The molecule has 0 fully saturated rings. The number of benzene rings is 1. The van der Waals surface area contributed by atoms with E-state index in [0.717, 1.165) is 4.68 Å². The normalized spacial score (nSPS) is 9.95. The summed E-state index contributed by atoms with van der Waals surface area (Å²) in [6.45, 7) is -0.119.